The number of carboxylic acids is 1. The summed E-state index contributed by atoms with van der Waals surface area (Å²) in [4.78, 5) is 27.0. The fourth-order valence-electron chi connectivity index (χ4n) is 2.65. The molecule has 0 aliphatic heterocycles. The molecule has 2 N–H and O–H groups in total. The first kappa shape index (κ1) is 15.9. The minimum atomic E-state index is -0.785. The van der Waals surface area contributed by atoms with E-state index in [0.29, 0.717) is 18.0 Å². The van der Waals surface area contributed by atoms with Crippen molar-refractivity contribution in [2.75, 3.05) is 5.32 Å². The van der Waals surface area contributed by atoms with Gasteiger partial charge in [0.2, 0.25) is 5.91 Å². The summed E-state index contributed by atoms with van der Waals surface area (Å²) in [5.74, 6) is -0.581. The molecule has 1 aliphatic rings. The standard InChI is InChI=1S/C15H22N2O3S/c18-13(19)9-5-8-12-10-21-15(16-12)17-14(20)11-6-3-1-2-4-7-11/h10-11H,1-9H2,(H,18,19)(H,16,17,20). The van der Waals surface area contributed by atoms with Crippen molar-refractivity contribution in [2.24, 2.45) is 5.92 Å². The lowest BCUT2D eigenvalue weighted by molar-refractivity contribution is -0.137. The summed E-state index contributed by atoms with van der Waals surface area (Å²) in [5.41, 5.74) is 0.859. The molecule has 0 saturated heterocycles. The van der Waals surface area contributed by atoms with Crippen molar-refractivity contribution in [1.29, 1.82) is 0 Å². The van der Waals surface area contributed by atoms with Gasteiger partial charge in [0.1, 0.15) is 0 Å². The molecule has 0 aromatic carbocycles. The van der Waals surface area contributed by atoms with Crippen molar-refractivity contribution in [3.8, 4) is 0 Å². The van der Waals surface area contributed by atoms with E-state index in [4.69, 9.17) is 5.11 Å². The maximum absolute atomic E-state index is 12.2. The number of carbonyl (C=O) groups excluding carboxylic acids is 1. The van der Waals surface area contributed by atoms with Gasteiger partial charge in [0, 0.05) is 17.7 Å². The van der Waals surface area contributed by atoms with Gasteiger partial charge in [-0.1, -0.05) is 25.7 Å². The molecule has 0 spiro atoms. The summed E-state index contributed by atoms with van der Waals surface area (Å²) in [7, 11) is 0. The van der Waals surface area contributed by atoms with Crippen LogP contribution >= 0.6 is 11.3 Å². The molecule has 5 nitrogen and oxygen atoms in total. The Kier molecular flexibility index (Phi) is 6.17. The van der Waals surface area contributed by atoms with Gasteiger partial charge in [-0.05, 0) is 25.7 Å². The maximum atomic E-state index is 12.2. The first-order valence-corrected chi connectivity index (χ1v) is 8.50. The zero-order valence-electron chi connectivity index (χ0n) is 12.1. The Hall–Kier alpha value is -1.43. The minimum Gasteiger partial charge on any atom is -0.481 e. The number of amides is 1. The van der Waals surface area contributed by atoms with Crippen molar-refractivity contribution in [1.82, 2.24) is 4.98 Å². The Morgan fingerprint density at radius 1 is 1.29 bits per heavy atom. The lowest BCUT2D eigenvalue weighted by atomic mass is 10.00. The average molecular weight is 310 g/mol. The number of hydrogen-bond acceptors (Lipinski definition) is 4. The van der Waals surface area contributed by atoms with Crippen LogP contribution in [0.5, 0.6) is 0 Å². The molecule has 1 saturated carbocycles. The fraction of sp³-hybridized carbons (Fsp3) is 0.667. The van der Waals surface area contributed by atoms with Gasteiger partial charge >= 0.3 is 5.97 Å². The lowest BCUT2D eigenvalue weighted by Crippen LogP contribution is -2.22. The van der Waals surface area contributed by atoms with E-state index in [1.165, 1.54) is 24.2 Å². The Bertz CT molecular complexity index is 479. The third-order valence-corrected chi connectivity index (χ3v) is 4.64. The van der Waals surface area contributed by atoms with E-state index in [2.05, 4.69) is 10.3 Å². The molecule has 1 aromatic heterocycles. The van der Waals surface area contributed by atoms with Gasteiger partial charge in [-0.15, -0.1) is 11.3 Å². The highest BCUT2D eigenvalue weighted by Crippen LogP contribution is 2.25. The predicted molar refractivity (Wildman–Crippen MR) is 82.5 cm³/mol. The third kappa shape index (κ3) is 5.46. The van der Waals surface area contributed by atoms with Gasteiger partial charge in [0.25, 0.3) is 0 Å². The van der Waals surface area contributed by atoms with Gasteiger partial charge in [-0.25, -0.2) is 4.98 Å². The molecule has 1 aromatic rings. The van der Waals surface area contributed by atoms with E-state index >= 15 is 0 Å². The number of rotatable bonds is 6. The summed E-state index contributed by atoms with van der Waals surface area (Å²) in [5, 5.41) is 14.0. The first-order chi connectivity index (χ1) is 10.1. The van der Waals surface area contributed by atoms with E-state index in [9.17, 15) is 9.59 Å². The van der Waals surface area contributed by atoms with Crippen molar-refractivity contribution in [2.45, 2.75) is 57.8 Å². The van der Waals surface area contributed by atoms with Gasteiger partial charge in [-0.3, -0.25) is 9.59 Å². The van der Waals surface area contributed by atoms with E-state index in [1.807, 2.05) is 5.38 Å². The Morgan fingerprint density at radius 3 is 2.67 bits per heavy atom. The number of hydrogen-bond donors (Lipinski definition) is 2. The highest BCUT2D eigenvalue weighted by atomic mass is 32.1. The van der Waals surface area contributed by atoms with E-state index in [-0.39, 0.29) is 18.2 Å². The fourth-order valence-corrected chi connectivity index (χ4v) is 3.40. The number of carbonyl (C=O) groups is 2. The van der Waals surface area contributed by atoms with Gasteiger partial charge < -0.3 is 10.4 Å². The Labute approximate surface area is 128 Å². The Balaban J connectivity index is 1.80. The molecule has 0 bridgehead atoms. The van der Waals surface area contributed by atoms with Crippen molar-refractivity contribution in [3.05, 3.63) is 11.1 Å². The first-order valence-electron chi connectivity index (χ1n) is 7.62. The molecule has 1 aliphatic carbocycles. The van der Waals surface area contributed by atoms with E-state index < -0.39 is 5.97 Å². The van der Waals surface area contributed by atoms with Crippen molar-refractivity contribution in [3.63, 3.8) is 0 Å². The van der Waals surface area contributed by atoms with Crippen LogP contribution in [0.2, 0.25) is 0 Å². The van der Waals surface area contributed by atoms with Crippen LogP contribution in [0, 0.1) is 5.92 Å². The highest BCUT2D eigenvalue weighted by Gasteiger charge is 2.20. The van der Waals surface area contributed by atoms with Crippen molar-refractivity contribution < 1.29 is 14.7 Å². The second-order valence-electron chi connectivity index (χ2n) is 5.57. The van der Waals surface area contributed by atoms with Crippen LogP contribution in [0.25, 0.3) is 0 Å². The molecular formula is C15H22N2O3S. The number of anilines is 1. The molecule has 21 heavy (non-hydrogen) atoms. The predicted octanol–water partition coefficient (Wildman–Crippen LogP) is 3.46. The lowest BCUT2D eigenvalue weighted by Gasteiger charge is -2.12. The summed E-state index contributed by atoms with van der Waals surface area (Å²) in [6.07, 6.45) is 8.06. The summed E-state index contributed by atoms with van der Waals surface area (Å²) in [6, 6.07) is 0. The number of aromatic nitrogens is 1. The minimum absolute atomic E-state index is 0.0864. The van der Waals surface area contributed by atoms with Crippen LogP contribution in [0.1, 0.15) is 57.1 Å². The molecule has 6 heteroatoms. The van der Waals surface area contributed by atoms with Crippen LogP contribution in [0.3, 0.4) is 0 Å². The summed E-state index contributed by atoms with van der Waals surface area (Å²) in [6.45, 7) is 0. The normalized spacial score (nSPS) is 16.4. The third-order valence-electron chi connectivity index (χ3n) is 3.83. The largest absolute Gasteiger partial charge is 0.481 e. The van der Waals surface area contributed by atoms with Crippen LogP contribution in [-0.2, 0) is 16.0 Å². The van der Waals surface area contributed by atoms with Crippen LogP contribution in [0.4, 0.5) is 5.13 Å². The number of thiazole rings is 1. The maximum Gasteiger partial charge on any atom is 0.303 e. The summed E-state index contributed by atoms with van der Waals surface area (Å²) < 4.78 is 0. The molecule has 1 heterocycles. The number of nitrogens with one attached hydrogen (secondary N) is 1. The van der Waals surface area contributed by atoms with E-state index in [1.54, 1.807) is 0 Å². The zero-order chi connectivity index (χ0) is 15.1. The molecule has 0 radical (unpaired) electrons. The second-order valence-corrected chi connectivity index (χ2v) is 6.43. The van der Waals surface area contributed by atoms with Crippen LogP contribution < -0.4 is 5.32 Å². The molecule has 1 amide bonds. The van der Waals surface area contributed by atoms with E-state index in [0.717, 1.165) is 31.4 Å². The zero-order valence-corrected chi connectivity index (χ0v) is 13.0. The Morgan fingerprint density at radius 2 is 2.00 bits per heavy atom. The number of carboxylic acid groups (broad SMARTS) is 1. The van der Waals surface area contributed by atoms with Gasteiger partial charge in [-0.2, -0.15) is 0 Å². The molecule has 2 rings (SSSR count). The van der Waals surface area contributed by atoms with Crippen LogP contribution in [-0.4, -0.2) is 22.0 Å². The van der Waals surface area contributed by atoms with Crippen molar-refractivity contribution >= 4 is 28.3 Å². The van der Waals surface area contributed by atoms with Gasteiger partial charge in [0.15, 0.2) is 5.13 Å². The molecule has 0 unspecified atom stereocenters. The molecule has 1 fully saturated rings. The topological polar surface area (TPSA) is 79.3 Å². The smallest absolute Gasteiger partial charge is 0.303 e. The van der Waals surface area contributed by atoms with Crippen LogP contribution in [0.15, 0.2) is 5.38 Å². The number of aliphatic carboxylic acids is 1. The van der Waals surface area contributed by atoms with Gasteiger partial charge in [0.05, 0.1) is 5.69 Å². The average Bonchev–Trinajstić information content (AvgIpc) is 2.72. The molecule has 0 atom stereocenters. The highest BCUT2D eigenvalue weighted by molar-refractivity contribution is 7.13. The number of nitrogens with zero attached hydrogens (tertiary/aromatic N) is 1. The SMILES string of the molecule is O=C(O)CCCc1csc(NC(=O)C2CCCCCC2)n1. The number of aryl methyl sites for hydroxylation is 1. The molecule has 116 valence electrons. The summed E-state index contributed by atoms with van der Waals surface area (Å²) >= 11 is 1.42. The monoisotopic (exact) mass is 310 g/mol. The quantitative estimate of drug-likeness (QED) is 0.789. The molecular weight excluding hydrogens is 288 g/mol. The second kappa shape index (κ2) is 8.12.